The largest absolute Gasteiger partial charge is 0.373 e. The van der Waals surface area contributed by atoms with Gasteiger partial charge in [-0.1, -0.05) is 6.07 Å². The van der Waals surface area contributed by atoms with Crippen LogP contribution in [0.1, 0.15) is 11.1 Å². The maximum absolute atomic E-state index is 8.85. The summed E-state index contributed by atoms with van der Waals surface area (Å²) in [6.07, 6.45) is 1.50. The molecule has 0 spiro atoms. The fraction of sp³-hybridized carbons (Fsp3) is 0.154. The van der Waals surface area contributed by atoms with Crippen LogP contribution in [-0.2, 0) is 0 Å². The fourth-order valence-electron chi connectivity index (χ4n) is 1.63. The number of nitriles is 1. The van der Waals surface area contributed by atoms with E-state index in [1.54, 1.807) is 12.1 Å². The highest BCUT2D eigenvalue weighted by molar-refractivity contribution is 5.65. The summed E-state index contributed by atoms with van der Waals surface area (Å²) in [6, 6.07) is 9.36. The van der Waals surface area contributed by atoms with Gasteiger partial charge in [-0.2, -0.15) is 5.26 Å². The molecular formula is C13H13N5. The first-order chi connectivity index (χ1) is 8.74. The molecule has 1 aromatic heterocycles. The molecule has 0 saturated carbocycles. The number of hydrogen-bond acceptors (Lipinski definition) is 5. The number of nitrogens with one attached hydrogen (secondary N) is 2. The van der Waals surface area contributed by atoms with Gasteiger partial charge in [0.2, 0.25) is 0 Å². The topological polar surface area (TPSA) is 73.6 Å². The summed E-state index contributed by atoms with van der Waals surface area (Å²) in [5.41, 5.74) is 2.38. The zero-order valence-corrected chi connectivity index (χ0v) is 10.2. The van der Waals surface area contributed by atoms with Gasteiger partial charge >= 0.3 is 0 Å². The Morgan fingerprint density at radius 3 is 2.72 bits per heavy atom. The van der Waals surface area contributed by atoms with Crippen molar-refractivity contribution in [2.45, 2.75) is 6.92 Å². The molecule has 2 rings (SSSR count). The summed E-state index contributed by atoms with van der Waals surface area (Å²) in [7, 11) is 1.81. The first-order valence-electron chi connectivity index (χ1n) is 5.51. The fourth-order valence-corrected chi connectivity index (χ4v) is 1.63. The molecule has 5 heteroatoms. The van der Waals surface area contributed by atoms with Crippen molar-refractivity contribution in [3.8, 4) is 6.07 Å². The second kappa shape index (κ2) is 5.15. The summed E-state index contributed by atoms with van der Waals surface area (Å²) >= 11 is 0. The van der Waals surface area contributed by atoms with E-state index in [2.05, 4.69) is 26.7 Å². The average molecular weight is 239 g/mol. The first kappa shape index (κ1) is 11.9. The van der Waals surface area contributed by atoms with Crippen LogP contribution in [0.4, 0.5) is 17.3 Å². The van der Waals surface area contributed by atoms with Crippen molar-refractivity contribution in [1.29, 1.82) is 5.26 Å². The SMILES string of the molecule is CNc1ncnc(Nc2cccc(C#N)c2)c1C. The average Bonchev–Trinajstić information content (AvgIpc) is 2.41. The van der Waals surface area contributed by atoms with E-state index in [0.717, 1.165) is 22.9 Å². The van der Waals surface area contributed by atoms with Crippen molar-refractivity contribution in [2.24, 2.45) is 0 Å². The van der Waals surface area contributed by atoms with E-state index in [1.807, 2.05) is 26.1 Å². The zero-order valence-electron chi connectivity index (χ0n) is 10.2. The number of hydrogen-bond donors (Lipinski definition) is 2. The maximum Gasteiger partial charge on any atom is 0.138 e. The molecule has 0 aliphatic rings. The van der Waals surface area contributed by atoms with Crippen molar-refractivity contribution in [3.63, 3.8) is 0 Å². The lowest BCUT2D eigenvalue weighted by Gasteiger charge is -2.11. The highest BCUT2D eigenvalue weighted by atomic mass is 15.1. The number of aromatic nitrogens is 2. The molecule has 0 saturated heterocycles. The normalized spacial score (nSPS) is 9.61. The van der Waals surface area contributed by atoms with E-state index >= 15 is 0 Å². The molecule has 0 radical (unpaired) electrons. The quantitative estimate of drug-likeness (QED) is 0.860. The van der Waals surface area contributed by atoms with Crippen LogP contribution in [0.2, 0.25) is 0 Å². The van der Waals surface area contributed by atoms with E-state index in [4.69, 9.17) is 5.26 Å². The minimum atomic E-state index is 0.612. The molecular weight excluding hydrogens is 226 g/mol. The monoisotopic (exact) mass is 239 g/mol. The van der Waals surface area contributed by atoms with Gasteiger partial charge in [0.25, 0.3) is 0 Å². The number of benzene rings is 1. The summed E-state index contributed by atoms with van der Waals surface area (Å²) in [6.45, 7) is 1.93. The smallest absolute Gasteiger partial charge is 0.138 e. The van der Waals surface area contributed by atoms with Gasteiger partial charge in [0.15, 0.2) is 0 Å². The summed E-state index contributed by atoms with van der Waals surface area (Å²) in [5.74, 6) is 1.51. The molecule has 90 valence electrons. The van der Waals surface area contributed by atoms with Crippen LogP contribution in [0.25, 0.3) is 0 Å². The Labute approximate surface area is 106 Å². The van der Waals surface area contributed by atoms with Crippen molar-refractivity contribution in [3.05, 3.63) is 41.7 Å². The molecule has 0 aliphatic carbocycles. The van der Waals surface area contributed by atoms with E-state index in [-0.39, 0.29) is 0 Å². The first-order valence-corrected chi connectivity index (χ1v) is 5.51. The maximum atomic E-state index is 8.85. The molecule has 0 atom stereocenters. The molecule has 2 aromatic rings. The van der Waals surface area contributed by atoms with E-state index < -0.39 is 0 Å². The third-order valence-electron chi connectivity index (χ3n) is 2.58. The zero-order chi connectivity index (χ0) is 13.0. The molecule has 1 heterocycles. The molecule has 0 unspecified atom stereocenters. The van der Waals surface area contributed by atoms with Gasteiger partial charge in [-0.15, -0.1) is 0 Å². The molecule has 5 nitrogen and oxygen atoms in total. The van der Waals surface area contributed by atoms with Gasteiger partial charge in [0, 0.05) is 18.3 Å². The van der Waals surface area contributed by atoms with Crippen LogP contribution in [-0.4, -0.2) is 17.0 Å². The molecule has 0 fully saturated rings. The lowest BCUT2D eigenvalue weighted by atomic mass is 10.2. The highest BCUT2D eigenvalue weighted by Gasteiger charge is 2.05. The highest BCUT2D eigenvalue weighted by Crippen LogP contribution is 2.22. The summed E-state index contributed by atoms with van der Waals surface area (Å²) < 4.78 is 0. The Bertz CT molecular complexity index is 601. The molecule has 18 heavy (non-hydrogen) atoms. The number of rotatable bonds is 3. The molecule has 0 aliphatic heterocycles. The summed E-state index contributed by atoms with van der Waals surface area (Å²) in [4.78, 5) is 8.31. The van der Waals surface area contributed by atoms with Crippen LogP contribution < -0.4 is 10.6 Å². The minimum absolute atomic E-state index is 0.612. The van der Waals surface area contributed by atoms with Gasteiger partial charge < -0.3 is 10.6 Å². The van der Waals surface area contributed by atoms with Crippen LogP contribution >= 0.6 is 0 Å². The lowest BCUT2D eigenvalue weighted by molar-refractivity contribution is 1.12. The predicted molar refractivity (Wildman–Crippen MR) is 70.8 cm³/mol. The Balaban J connectivity index is 2.31. The van der Waals surface area contributed by atoms with Gasteiger partial charge in [-0.3, -0.25) is 0 Å². The van der Waals surface area contributed by atoms with Gasteiger partial charge in [-0.25, -0.2) is 9.97 Å². The van der Waals surface area contributed by atoms with E-state index in [0.29, 0.717) is 5.56 Å². The van der Waals surface area contributed by atoms with Crippen LogP contribution in [0.15, 0.2) is 30.6 Å². The molecule has 0 amide bonds. The third kappa shape index (κ3) is 2.38. The van der Waals surface area contributed by atoms with Crippen molar-refractivity contribution >= 4 is 17.3 Å². The second-order valence-electron chi connectivity index (χ2n) is 3.76. The van der Waals surface area contributed by atoms with Gasteiger partial charge in [0.05, 0.1) is 11.6 Å². The lowest BCUT2D eigenvalue weighted by Crippen LogP contribution is -2.02. The standard InChI is InChI=1S/C13H13N5/c1-9-12(15-2)16-8-17-13(9)18-11-5-3-4-10(6-11)7-14/h3-6,8H,1-2H3,(H2,15,16,17,18). The Hall–Kier alpha value is -2.61. The van der Waals surface area contributed by atoms with Crippen molar-refractivity contribution in [1.82, 2.24) is 9.97 Å². The number of nitrogens with zero attached hydrogens (tertiary/aromatic N) is 3. The second-order valence-corrected chi connectivity index (χ2v) is 3.76. The Kier molecular flexibility index (Phi) is 3.39. The Morgan fingerprint density at radius 2 is 2.00 bits per heavy atom. The minimum Gasteiger partial charge on any atom is -0.373 e. The van der Waals surface area contributed by atoms with Crippen LogP contribution in [0.5, 0.6) is 0 Å². The van der Waals surface area contributed by atoms with Crippen LogP contribution in [0.3, 0.4) is 0 Å². The molecule has 0 bridgehead atoms. The third-order valence-corrected chi connectivity index (χ3v) is 2.58. The van der Waals surface area contributed by atoms with Crippen molar-refractivity contribution < 1.29 is 0 Å². The van der Waals surface area contributed by atoms with E-state index in [9.17, 15) is 0 Å². The molecule has 1 aromatic carbocycles. The van der Waals surface area contributed by atoms with Crippen molar-refractivity contribution in [2.75, 3.05) is 17.7 Å². The van der Waals surface area contributed by atoms with Gasteiger partial charge in [-0.05, 0) is 25.1 Å². The van der Waals surface area contributed by atoms with E-state index in [1.165, 1.54) is 6.33 Å². The predicted octanol–water partition coefficient (Wildman–Crippen LogP) is 2.44. The van der Waals surface area contributed by atoms with Crippen LogP contribution in [0, 0.1) is 18.3 Å². The summed E-state index contributed by atoms with van der Waals surface area (Å²) in [5, 5.41) is 15.0. The number of anilines is 3. The Morgan fingerprint density at radius 1 is 1.22 bits per heavy atom. The van der Waals surface area contributed by atoms with Gasteiger partial charge in [0.1, 0.15) is 18.0 Å². The molecule has 2 N–H and O–H groups in total.